The van der Waals surface area contributed by atoms with Crippen LogP contribution >= 0.6 is 11.6 Å². The highest BCUT2D eigenvalue weighted by molar-refractivity contribution is 6.32. The normalized spacial score (nSPS) is 11.8. The van der Waals surface area contributed by atoms with E-state index in [0.29, 0.717) is 23.7 Å². The number of carbonyl (C=O) groups excluding carboxylic acids is 1. The highest BCUT2D eigenvalue weighted by Crippen LogP contribution is 2.24. The minimum atomic E-state index is -0.552. The largest absolute Gasteiger partial charge is 0.479 e. The van der Waals surface area contributed by atoms with Gasteiger partial charge in [-0.3, -0.25) is 4.79 Å². The number of benzene rings is 2. The molecular weight excluding hydrogens is 298 g/mol. The molecule has 0 bridgehead atoms. The second-order valence-electron chi connectivity index (χ2n) is 5.09. The lowest BCUT2D eigenvalue weighted by molar-refractivity contribution is -0.128. The summed E-state index contributed by atoms with van der Waals surface area (Å²) in [6, 6.07) is 15.1. The summed E-state index contributed by atoms with van der Waals surface area (Å²) in [5.41, 5.74) is 2.26. The molecule has 2 rings (SSSR count). The van der Waals surface area contributed by atoms with Gasteiger partial charge in [-0.15, -0.1) is 0 Å². The average Bonchev–Trinajstić information content (AvgIpc) is 2.53. The lowest BCUT2D eigenvalue weighted by Gasteiger charge is -2.18. The average molecular weight is 318 g/mol. The van der Waals surface area contributed by atoms with Crippen molar-refractivity contribution in [2.75, 3.05) is 0 Å². The van der Waals surface area contributed by atoms with Crippen LogP contribution in [0.5, 0.6) is 5.75 Å². The second kappa shape index (κ2) is 7.85. The van der Waals surface area contributed by atoms with E-state index in [9.17, 15) is 4.79 Å². The Labute approximate surface area is 136 Å². The third-order valence-electron chi connectivity index (χ3n) is 3.48. The monoisotopic (exact) mass is 317 g/mol. The fourth-order valence-corrected chi connectivity index (χ4v) is 2.30. The Morgan fingerprint density at radius 2 is 1.86 bits per heavy atom. The number of nitrogens with one attached hydrogen (secondary N) is 1. The summed E-state index contributed by atoms with van der Waals surface area (Å²) in [6.45, 7) is 4.43. The Balaban J connectivity index is 1.98. The molecule has 0 aliphatic heterocycles. The van der Waals surface area contributed by atoms with Crippen LogP contribution in [0.4, 0.5) is 0 Å². The Morgan fingerprint density at radius 3 is 2.55 bits per heavy atom. The first-order valence-electron chi connectivity index (χ1n) is 7.35. The summed E-state index contributed by atoms with van der Waals surface area (Å²) in [6.07, 6.45) is 0.0223. The van der Waals surface area contributed by atoms with Gasteiger partial charge in [-0.1, -0.05) is 54.9 Å². The number of halogens is 1. The van der Waals surface area contributed by atoms with Gasteiger partial charge < -0.3 is 10.1 Å². The summed E-state index contributed by atoms with van der Waals surface area (Å²) < 4.78 is 5.73. The van der Waals surface area contributed by atoms with Gasteiger partial charge in [-0.25, -0.2) is 0 Å². The molecule has 116 valence electrons. The molecule has 1 amide bonds. The van der Waals surface area contributed by atoms with E-state index < -0.39 is 6.10 Å². The number of rotatable bonds is 6. The zero-order valence-electron chi connectivity index (χ0n) is 12.8. The minimum absolute atomic E-state index is 0.134. The van der Waals surface area contributed by atoms with Gasteiger partial charge in [0.2, 0.25) is 0 Å². The van der Waals surface area contributed by atoms with Gasteiger partial charge in [-0.05, 0) is 36.6 Å². The topological polar surface area (TPSA) is 38.3 Å². The lowest BCUT2D eigenvalue weighted by Crippen LogP contribution is -2.37. The Bertz CT molecular complexity index is 642. The van der Waals surface area contributed by atoms with Gasteiger partial charge in [0.1, 0.15) is 5.75 Å². The van der Waals surface area contributed by atoms with Crippen molar-refractivity contribution in [1.82, 2.24) is 5.32 Å². The molecule has 0 spiro atoms. The molecule has 0 heterocycles. The number of aryl methyl sites for hydroxylation is 1. The Morgan fingerprint density at radius 1 is 1.18 bits per heavy atom. The number of amides is 1. The standard InChI is InChI=1S/C18H20ClNO2/c1-3-16(22-17-11-7-6-10-15(17)19)18(21)20-12-14-9-5-4-8-13(14)2/h4-11,16H,3,12H2,1-2H3,(H,20,21)/t16-/m1/s1. The number of para-hydroxylation sites is 1. The van der Waals surface area contributed by atoms with Crippen molar-refractivity contribution >= 4 is 17.5 Å². The molecule has 1 N–H and O–H groups in total. The van der Waals surface area contributed by atoms with Crippen LogP contribution in [0.2, 0.25) is 5.02 Å². The van der Waals surface area contributed by atoms with Crippen LogP contribution in [-0.2, 0) is 11.3 Å². The first kappa shape index (κ1) is 16.4. The second-order valence-corrected chi connectivity index (χ2v) is 5.50. The van der Waals surface area contributed by atoms with Crippen molar-refractivity contribution < 1.29 is 9.53 Å². The summed E-state index contributed by atoms with van der Waals surface area (Å²) >= 11 is 6.07. The summed E-state index contributed by atoms with van der Waals surface area (Å²) in [7, 11) is 0. The molecule has 0 fully saturated rings. The van der Waals surface area contributed by atoms with E-state index in [1.165, 1.54) is 0 Å². The molecule has 1 atom stereocenters. The molecule has 4 heteroatoms. The number of hydrogen-bond donors (Lipinski definition) is 1. The summed E-state index contributed by atoms with van der Waals surface area (Å²) in [5, 5.41) is 3.43. The minimum Gasteiger partial charge on any atom is -0.479 e. The van der Waals surface area contributed by atoms with Crippen molar-refractivity contribution in [3.63, 3.8) is 0 Å². The predicted molar refractivity (Wildman–Crippen MR) is 89.2 cm³/mol. The molecule has 2 aromatic rings. The molecule has 0 aromatic heterocycles. The molecule has 0 saturated carbocycles. The fraction of sp³-hybridized carbons (Fsp3) is 0.278. The first-order chi connectivity index (χ1) is 10.6. The van der Waals surface area contributed by atoms with E-state index in [-0.39, 0.29) is 5.91 Å². The van der Waals surface area contributed by atoms with E-state index >= 15 is 0 Å². The fourth-order valence-electron chi connectivity index (χ4n) is 2.12. The molecule has 0 aliphatic rings. The zero-order valence-corrected chi connectivity index (χ0v) is 13.6. The predicted octanol–water partition coefficient (Wildman–Crippen LogP) is 4.12. The van der Waals surface area contributed by atoms with Gasteiger partial charge in [0, 0.05) is 6.54 Å². The van der Waals surface area contributed by atoms with Crippen LogP contribution in [0, 0.1) is 6.92 Å². The molecule has 22 heavy (non-hydrogen) atoms. The van der Waals surface area contributed by atoms with Gasteiger partial charge in [0.25, 0.3) is 5.91 Å². The lowest BCUT2D eigenvalue weighted by atomic mass is 10.1. The molecule has 0 saturated heterocycles. The first-order valence-corrected chi connectivity index (χ1v) is 7.73. The van der Waals surface area contributed by atoms with Crippen molar-refractivity contribution in [1.29, 1.82) is 0 Å². The van der Waals surface area contributed by atoms with Gasteiger partial charge in [0.05, 0.1) is 5.02 Å². The summed E-state index contributed by atoms with van der Waals surface area (Å²) in [4.78, 5) is 12.3. The van der Waals surface area contributed by atoms with Crippen LogP contribution in [0.3, 0.4) is 0 Å². The van der Waals surface area contributed by atoms with Gasteiger partial charge >= 0.3 is 0 Å². The maximum Gasteiger partial charge on any atom is 0.261 e. The molecule has 3 nitrogen and oxygen atoms in total. The van der Waals surface area contributed by atoms with Crippen LogP contribution < -0.4 is 10.1 Å². The molecule has 0 unspecified atom stereocenters. The third-order valence-corrected chi connectivity index (χ3v) is 3.80. The quantitative estimate of drug-likeness (QED) is 0.870. The highest BCUT2D eigenvalue weighted by atomic mass is 35.5. The zero-order chi connectivity index (χ0) is 15.9. The Hall–Kier alpha value is -2.00. The van der Waals surface area contributed by atoms with Crippen LogP contribution in [-0.4, -0.2) is 12.0 Å². The molecule has 0 aliphatic carbocycles. The van der Waals surface area contributed by atoms with E-state index in [4.69, 9.17) is 16.3 Å². The van der Waals surface area contributed by atoms with Crippen molar-refractivity contribution in [2.24, 2.45) is 0 Å². The van der Waals surface area contributed by atoms with E-state index in [0.717, 1.165) is 11.1 Å². The number of ether oxygens (including phenoxy) is 1. The van der Waals surface area contributed by atoms with Gasteiger partial charge in [0.15, 0.2) is 6.10 Å². The van der Waals surface area contributed by atoms with Crippen molar-refractivity contribution in [3.8, 4) is 5.75 Å². The van der Waals surface area contributed by atoms with Crippen molar-refractivity contribution in [3.05, 3.63) is 64.7 Å². The summed E-state index contributed by atoms with van der Waals surface area (Å²) in [5.74, 6) is 0.396. The number of hydrogen-bond acceptors (Lipinski definition) is 2. The Kier molecular flexibility index (Phi) is 5.84. The van der Waals surface area contributed by atoms with Crippen LogP contribution in [0.1, 0.15) is 24.5 Å². The van der Waals surface area contributed by atoms with Crippen LogP contribution in [0.15, 0.2) is 48.5 Å². The van der Waals surface area contributed by atoms with E-state index in [1.54, 1.807) is 12.1 Å². The maximum absolute atomic E-state index is 12.3. The number of carbonyl (C=O) groups is 1. The molecule has 0 radical (unpaired) electrons. The van der Waals surface area contributed by atoms with Crippen molar-refractivity contribution in [2.45, 2.75) is 32.9 Å². The smallest absolute Gasteiger partial charge is 0.261 e. The maximum atomic E-state index is 12.3. The molecule has 2 aromatic carbocycles. The highest BCUT2D eigenvalue weighted by Gasteiger charge is 2.19. The SMILES string of the molecule is CC[C@@H](Oc1ccccc1Cl)C(=O)NCc1ccccc1C. The van der Waals surface area contributed by atoms with Gasteiger partial charge in [-0.2, -0.15) is 0 Å². The molecular formula is C18H20ClNO2. The van der Waals surface area contributed by atoms with E-state index in [2.05, 4.69) is 5.32 Å². The van der Waals surface area contributed by atoms with Crippen LogP contribution in [0.25, 0.3) is 0 Å². The third kappa shape index (κ3) is 4.25. The van der Waals surface area contributed by atoms with E-state index in [1.807, 2.05) is 50.2 Å².